The molecule has 1 aliphatic carbocycles. The minimum absolute atomic E-state index is 0.0762. The zero-order chi connectivity index (χ0) is 26.5. The van der Waals surface area contributed by atoms with Gasteiger partial charge in [0.1, 0.15) is 5.41 Å². The Kier molecular flexibility index (Phi) is 13.5. The molecule has 0 radical (unpaired) electrons. The molecular weight excluding hydrogens is 460 g/mol. The number of aliphatic hydroxyl groups is 1. The van der Waals surface area contributed by atoms with Gasteiger partial charge < -0.3 is 19.4 Å². The zero-order valence-electron chi connectivity index (χ0n) is 23.0. The highest BCUT2D eigenvalue weighted by atomic mass is 28.4. The average Bonchev–Trinajstić information content (AvgIpc) is 3.31. The van der Waals surface area contributed by atoms with E-state index in [4.69, 9.17) is 4.43 Å². The second-order valence-electron chi connectivity index (χ2n) is 11.4. The van der Waals surface area contributed by atoms with Gasteiger partial charge in [-0.25, -0.2) is 0 Å². The maximum Gasteiger partial charge on any atom is 0.316 e. The summed E-state index contributed by atoms with van der Waals surface area (Å²) < 4.78 is 10.9. The van der Waals surface area contributed by atoms with Crippen LogP contribution in [-0.2, 0) is 18.8 Å². The summed E-state index contributed by atoms with van der Waals surface area (Å²) in [5.41, 5.74) is -1.29. The van der Waals surface area contributed by atoms with Crippen molar-refractivity contribution in [1.29, 1.82) is 0 Å². The number of carbonyl (C=O) groups is 2. The van der Waals surface area contributed by atoms with Gasteiger partial charge in [-0.15, -0.1) is 0 Å². The molecule has 2 N–H and O–H groups in total. The molecule has 6 nitrogen and oxygen atoms in total. The van der Waals surface area contributed by atoms with Crippen molar-refractivity contribution in [2.75, 3.05) is 13.7 Å². The summed E-state index contributed by atoms with van der Waals surface area (Å²) in [5.74, 6) is -1.40. The minimum Gasteiger partial charge on any atom is -0.481 e. The van der Waals surface area contributed by atoms with Crippen molar-refractivity contribution in [2.45, 2.75) is 116 Å². The van der Waals surface area contributed by atoms with Crippen LogP contribution in [0.1, 0.15) is 91.4 Å². The summed E-state index contributed by atoms with van der Waals surface area (Å²) in [7, 11) is -0.352. The zero-order valence-corrected chi connectivity index (χ0v) is 24.0. The van der Waals surface area contributed by atoms with Crippen LogP contribution in [0.5, 0.6) is 0 Å². The Hall–Kier alpha value is -1.44. The lowest BCUT2D eigenvalue weighted by Gasteiger charge is -2.36. The Labute approximate surface area is 214 Å². The average molecular weight is 511 g/mol. The molecule has 0 saturated heterocycles. The Balaban J connectivity index is 2.62. The molecule has 0 unspecified atom stereocenters. The van der Waals surface area contributed by atoms with Gasteiger partial charge in [0.05, 0.1) is 19.6 Å². The van der Waals surface area contributed by atoms with Crippen molar-refractivity contribution in [3.05, 3.63) is 24.3 Å². The number of ether oxygens (including phenoxy) is 1. The fourth-order valence-corrected chi connectivity index (χ4v) is 5.62. The van der Waals surface area contributed by atoms with Crippen LogP contribution < -0.4 is 0 Å². The van der Waals surface area contributed by atoms with Gasteiger partial charge in [-0.1, -0.05) is 70.8 Å². The highest BCUT2D eigenvalue weighted by Crippen LogP contribution is 2.45. The summed E-state index contributed by atoms with van der Waals surface area (Å²) in [4.78, 5) is 23.8. The van der Waals surface area contributed by atoms with Gasteiger partial charge in [0, 0.05) is 6.61 Å². The normalized spacial score (nSPS) is 18.3. The van der Waals surface area contributed by atoms with Gasteiger partial charge in [-0.2, -0.15) is 0 Å². The number of methoxy groups -OCH3 is 1. The molecule has 202 valence electrons. The number of aliphatic carboxylic acids is 1. The van der Waals surface area contributed by atoms with E-state index in [-0.39, 0.29) is 29.8 Å². The monoisotopic (exact) mass is 510 g/mol. The first-order chi connectivity index (χ1) is 16.4. The largest absolute Gasteiger partial charge is 0.481 e. The van der Waals surface area contributed by atoms with Crippen LogP contribution in [0.2, 0.25) is 18.1 Å². The van der Waals surface area contributed by atoms with Gasteiger partial charge >= 0.3 is 11.9 Å². The van der Waals surface area contributed by atoms with E-state index in [1.165, 1.54) is 7.11 Å². The Morgan fingerprint density at radius 3 is 2.23 bits per heavy atom. The molecule has 1 rings (SSSR count). The predicted molar refractivity (Wildman–Crippen MR) is 144 cm³/mol. The Morgan fingerprint density at radius 1 is 1.03 bits per heavy atom. The Bertz CT molecular complexity index is 703. The number of esters is 1. The summed E-state index contributed by atoms with van der Waals surface area (Å²) in [6.45, 7) is 12.1. The van der Waals surface area contributed by atoms with Gasteiger partial charge in [0.15, 0.2) is 8.32 Å². The summed E-state index contributed by atoms with van der Waals surface area (Å²) in [6, 6.07) is 0. The third kappa shape index (κ3) is 9.85. The van der Waals surface area contributed by atoms with Gasteiger partial charge in [0.25, 0.3) is 0 Å². The topological polar surface area (TPSA) is 93.1 Å². The number of hydrogen-bond acceptors (Lipinski definition) is 5. The van der Waals surface area contributed by atoms with Crippen LogP contribution in [0.4, 0.5) is 0 Å². The summed E-state index contributed by atoms with van der Waals surface area (Å²) >= 11 is 0. The van der Waals surface area contributed by atoms with E-state index in [2.05, 4.69) is 38.6 Å². The smallest absolute Gasteiger partial charge is 0.316 e. The predicted octanol–water partition coefficient (Wildman–Crippen LogP) is 6.65. The van der Waals surface area contributed by atoms with Crippen molar-refractivity contribution in [3.8, 4) is 0 Å². The molecule has 1 fully saturated rings. The van der Waals surface area contributed by atoms with Gasteiger partial charge in [-0.3, -0.25) is 9.59 Å². The van der Waals surface area contributed by atoms with Crippen molar-refractivity contribution < 1.29 is 29.0 Å². The van der Waals surface area contributed by atoms with Crippen LogP contribution in [-0.4, -0.2) is 50.3 Å². The molecule has 0 bridgehead atoms. The third-order valence-electron chi connectivity index (χ3n) is 7.92. The fraction of sp³-hybridized carbons (Fsp3) is 0.786. The summed E-state index contributed by atoms with van der Waals surface area (Å²) in [6.07, 6.45) is 15.0. The molecule has 0 spiro atoms. The molecule has 1 saturated carbocycles. The van der Waals surface area contributed by atoms with Crippen molar-refractivity contribution in [1.82, 2.24) is 0 Å². The molecular formula is C28H50O6Si. The highest BCUT2D eigenvalue weighted by molar-refractivity contribution is 6.74. The van der Waals surface area contributed by atoms with Crippen molar-refractivity contribution in [2.24, 2.45) is 11.3 Å². The molecule has 0 aromatic rings. The van der Waals surface area contributed by atoms with Crippen LogP contribution in [0, 0.1) is 11.3 Å². The number of carboxylic acids is 1. The van der Waals surface area contributed by atoms with Crippen LogP contribution in [0.15, 0.2) is 24.3 Å². The fourth-order valence-electron chi connectivity index (χ4n) is 4.53. The van der Waals surface area contributed by atoms with Gasteiger partial charge in [0.2, 0.25) is 0 Å². The molecule has 0 heterocycles. The van der Waals surface area contributed by atoms with E-state index >= 15 is 0 Å². The molecule has 0 aromatic heterocycles. The Morgan fingerprint density at radius 2 is 1.66 bits per heavy atom. The molecule has 0 aromatic carbocycles. The number of carboxylic acid groups (broad SMARTS) is 1. The molecule has 7 heteroatoms. The maximum atomic E-state index is 12.5. The summed E-state index contributed by atoms with van der Waals surface area (Å²) in [5, 5.41) is 21.5. The second kappa shape index (κ2) is 15.0. The molecule has 35 heavy (non-hydrogen) atoms. The number of allylic oxidation sites excluding steroid dienone is 1. The van der Waals surface area contributed by atoms with E-state index in [1.54, 1.807) is 18.2 Å². The highest BCUT2D eigenvalue weighted by Gasteiger charge is 2.49. The van der Waals surface area contributed by atoms with Crippen LogP contribution in [0.25, 0.3) is 0 Å². The number of carbonyl (C=O) groups excluding carboxylic acids is 1. The standard InChI is InChI=1S/C28H50O6Si/c1-27(2,3)35(5,6)34-22-16-10-8-7-9-15-21-28(26(31)32,23-17-11-12-18-23)24(29)19-13-14-20-25(30)33-4/h13-15,21,23-24,29H,7-12,16-20,22H2,1-6H3,(H,31,32)/b14-13+,21-15-/t24-,28-/m1/s1. The number of rotatable bonds is 16. The number of hydrogen-bond donors (Lipinski definition) is 2. The van der Waals surface area contributed by atoms with Crippen molar-refractivity contribution in [3.63, 3.8) is 0 Å². The lowest BCUT2D eigenvalue weighted by Crippen LogP contribution is -2.46. The first-order valence-corrected chi connectivity index (χ1v) is 16.2. The van der Waals surface area contributed by atoms with Crippen LogP contribution >= 0.6 is 0 Å². The lowest BCUT2D eigenvalue weighted by molar-refractivity contribution is -0.156. The van der Waals surface area contributed by atoms with Crippen molar-refractivity contribution >= 4 is 20.3 Å². The van der Waals surface area contributed by atoms with Crippen LogP contribution in [0.3, 0.4) is 0 Å². The van der Waals surface area contributed by atoms with E-state index in [0.717, 1.165) is 64.4 Å². The molecule has 1 aliphatic rings. The van der Waals surface area contributed by atoms with E-state index in [0.29, 0.717) is 0 Å². The molecule has 0 amide bonds. The minimum atomic E-state index is -1.68. The second-order valence-corrected chi connectivity index (χ2v) is 16.2. The molecule has 0 aliphatic heterocycles. The SMILES string of the molecule is COC(=O)C/C=C/C[C@@H](O)[C@](/C=C\CCCCCCO[Si](C)(C)C(C)(C)C)(C(=O)O)C1CCCC1. The quantitative estimate of drug-likeness (QED) is 0.105. The van der Waals surface area contributed by atoms with E-state index in [9.17, 15) is 19.8 Å². The first kappa shape index (κ1) is 31.6. The lowest BCUT2D eigenvalue weighted by atomic mass is 9.68. The number of unbranched alkanes of at least 4 members (excludes halogenated alkanes) is 4. The van der Waals surface area contributed by atoms with Gasteiger partial charge in [-0.05, 0) is 62.6 Å². The van der Waals surface area contributed by atoms with E-state index in [1.807, 2.05) is 6.08 Å². The van der Waals surface area contributed by atoms with E-state index < -0.39 is 25.8 Å². The molecule has 2 atom stereocenters. The maximum absolute atomic E-state index is 12.5. The number of aliphatic hydroxyl groups excluding tert-OH is 1. The first-order valence-electron chi connectivity index (χ1n) is 13.3. The third-order valence-corrected chi connectivity index (χ3v) is 12.5.